The number of aromatic nitrogens is 5. The van der Waals surface area contributed by atoms with Crippen LogP contribution in [0.2, 0.25) is 0 Å². The molecule has 1 fully saturated rings. The highest BCUT2D eigenvalue weighted by Crippen LogP contribution is 2.33. The van der Waals surface area contributed by atoms with Gasteiger partial charge < -0.3 is 20.5 Å². The van der Waals surface area contributed by atoms with E-state index in [1.54, 1.807) is 50.2 Å². The van der Waals surface area contributed by atoms with Crippen LogP contribution >= 0.6 is 0 Å². The average Bonchev–Trinajstić information content (AvgIpc) is 3.45. The van der Waals surface area contributed by atoms with E-state index < -0.39 is 17.6 Å². The minimum Gasteiger partial charge on any atom is -0.496 e. The van der Waals surface area contributed by atoms with Gasteiger partial charge in [-0.15, -0.1) is 0 Å². The summed E-state index contributed by atoms with van der Waals surface area (Å²) in [6.45, 7) is 3.96. The highest BCUT2D eigenvalue weighted by molar-refractivity contribution is 5.73. The van der Waals surface area contributed by atoms with E-state index in [0.717, 1.165) is 11.1 Å². The molecule has 9 nitrogen and oxygen atoms in total. The van der Waals surface area contributed by atoms with Gasteiger partial charge in [-0.1, -0.05) is 6.07 Å². The minimum absolute atomic E-state index is 0.304. The molecule has 190 valence electrons. The molecule has 5 rings (SSSR count). The largest absolute Gasteiger partial charge is 0.496 e. The van der Waals surface area contributed by atoms with Gasteiger partial charge >= 0.3 is 0 Å². The first-order valence-electron chi connectivity index (χ1n) is 11.8. The number of hydrogen-bond acceptors (Lipinski definition) is 7. The molecule has 1 unspecified atom stereocenters. The molecule has 11 heteroatoms. The summed E-state index contributed by atoms with van der Waals surface area (Å²) in [4.78, 5) is 9.11. The van der Waals surface area contributed by atoms with Gasteiger partial charge in [0.25, 0.3) is 5.92 Å². The van der Waals surface area contributed by atoms with Crippen molar-refractivity contribution in [1.82, 2.24) is 29.5 Å². The van der Waals surface area contributed by atoms with Gasteiger partial charge in [-0.25, -0.2) is 18.7 Å². The van der Waals surface area contributed by atoms with Crippen LogP contribution in [0.5, 0.6) is 5.75 Å². The number of alkyl halides is 2. The Bertz CT molecular complexity index is 1380. The number of rotatable bonds is 7. The number of piperidine rings is 1. The maximum atomic E-state index is 14.3. The predicted octanol–water partition coefficient (Wildman–Crippen LogP) is 3.45. The molecule has 0 aromatic carbocycles. The molecule has 0 radical (unpaired) electrons. The highest BCUT2D eigenvalue weighted by Gasteiger charge is 2.41. The Labute approximate surface area is 207 Å². The number of nitrogens with zero attached hydrogens (tertiary/aromatic N) is 5. The topological polar surface area (TPSA) is 102 Å². The number of nitrogens with one attached hydrogen (secondary N) is 2. The normalized spacial score (nSPS) is 17.9. The quantitative estimate of drug-likeness (QED) is 0.360. The summed E-state index contributed by atoms with van der Waals surface area (Å²) in [7, 11) is 1.59. The van der Waals surface area contributed by atoms with Crippen LogP contribution < -0.4 is 15.4 Å². The lowest BCUT2D eigenvalue weighted by Crippen LogP contribution is -2.52. The Morgan fingerprint density at radius 2 is 2.11 bits per heavy atom. The van der Waals surface area contributed by atoms with E-state index in [4.69, 9.17) is 4.74 Å². The van der Waals surface area contributed by atoms with Crippen LogP contribution in [0, 0.1) is 0 Å². The highest BCUT2D eigenvalue weighted by atomic mass is 19.3. The second kappa shape index (κ2) is 9.14. The Kier molecular flexibility index (Phi) is 6.13. The van der Waals surface area contributed by atoms with Crippen LogP contribution in [-0.4, -0.2) is 67.0 Å². The van der Waals surface area contributed by atoms with E-state index in [2.05, 4.69) is 25.7 Å². The molecular formula is C25H29F2N7O2. The van der Waals surface area contributed by atoms with E-state index in [1.807, 2.05) is 28.9 Å². The third kappa shape index (κ3) is 4.89. The van der Waals surface area contributed by atoms with Crippen molar-refractivity contribution >= 4 is 11.5 Å². The molecular weight excluding hydrogens is 468 g/mol. The predicted molar refractivity (Wildman–Crippen MR) is 132 cm³/mol. The molecule has 1 aliphatic heterocycles. The smallest absolute Gasteiger partial charge is 0.279 e. The first-order valence-corrected chi connectivity index (χ1v) is 11.8. The number of aliphatic hydroxyl groups is 1. The lowest BCUT2D eigenvalue weighted by Gasteiger charge is -2.32. The van der Waals surface area contributed by atoms with Crippen molar-refractivity contribution < 1.29 is 18.6 Å². The molecule has 0 bridgehead atoms. The van der Waals surface area contributed by atoms with Gasteiger partial charge in [0.2, 0.25) is 0 Å². The zero-order valence-electron chi connectivity index (χ0n) is 20.4. The Morgan fingerprint density at radius 1 is 1.28 bits per heavy atom. The molecule has 4 aromatic heterocycles. The maximum Gasteiger partial charge on any atom is 0.279 e. The van der Waals surface area contributed by atoms with Crippen molar-refractivity contribution in [2.75, 3.05) is 25.5 Å². The molecule has 1 atom stereocenters. The van der Waals surface area contributed by atoms with Gasteiger partial charge in [-0.2, -0.15) is 5.10 Å². The fourth-order valence-electron chi connectivity index (χ4n) is 4.42. The van der Waals surface area contributed by atoms with Crippen LogP contribution in [0.15, 0.2) is 49.1 Å². The van der Waals surface area contributed by atoms with Gasteiger partial charge in [0.15, 0.2) is 0 Å². The van der Waals surface area contributed by atoms with Crippen molar-refractivity contribution in [1.29, 1.82) is 0 Å². The second-order valence-electron chi connectivity index (χ2n) is 9.70. The molecule has 1 aliphatic rings. The number of imidazole rings is 1. The van der Waals surface area contributed by atoms with Crippen LogP contribution in [-0.2, 0) is 6.54 Å². The molecule has 1 saturated heterocycles. The molecule has 0 aliphatic carbocycles. The third-order valence-corrected chi connectivity index (χ3v) is 6.14. The lowest BCUT2D eigenvalue weighted by molar-refractivity contribution is -0.0322. The zero-order valence-corrected chi connectivity index (χ0v) is 20.4. The maximum absolute atomic E-state index is 14.3. The van der Waals surface area contributed by atoms with Crippen molar-refractivity contribution in [2.24, 2.45) is 0 Å². The van der Waals surface area contributed by atoms with Crippen molar-refractivity contribution in [2.45, 2.75) is 44.4 Å². The van der Waals surface area contributed by atoms with Crippen molar-refractivity contribution in [3.8, 4) is 28.3 Å². The van der Waals surface area contributed by atoms with Gasteiger partial charge in [-0.05, 0) is 38.9 Å². The van der Waals surface area contributed by atoms with Gasteiger partial charge in [0, 0.05) is 29.6 Å². The fraction of sp³-hybridized carbons (Fsp3) is 0.400. The van der Waals surface area contributed by atoms with E-state index in [9.17, 15) is 13.9 Å². The first-order chi connectivity index (χ1) is 17.1. The average molecular weight is 498 g/mol. The van der Waals surface area contributed by atoms with Gasteiger partial charge in [-0.3, -0.25) is 9.08 Å². The summed E-state index contributed by atoms with van der Waals surface area (Å²) < 4.78 is 37.8. The second-order valence-corrected chi connectivity index (χ2v) is 9.70. The summed E-state index contributed by atoms with van der Waals surface area (Å²) in [5.41, 5.74) is 2.65. The fourth-order valence-corrected chi connectivity index (χ4v) is 4.42. The van der Waals surface area contributed by atoms with Crippen LogP contribution in [0.4, 0.5) is 14.6 Å². The summed E-state index contributed by atoms with van der Waals surface area (Å²) in [5.74, 6) is -1.85. The zero-order chi connectivity index (χ0) is 25.5. The molecule has 36 heavy (non-hydrogen) atoms. The standard InChI is InChI=1S/C25H29F2N7O2/c1-24(2,35)15-33-12-16(10-30-33)17-13-34-19(11-29-23(34)9-20(17)36-3)18-5-4-6-22(31-18)32-21-7-8-28-14-25(21,26)27/h4-6,9-13,21,28,35H,7-8,14-15H2,1-3H3,(H,31,32). The monoisotopic (exact) mass is 497 g/mol. The minimum atomic E-state index is -2.86. The van der Waals surface area contributed by atoms with Gasteiger partial charge in [0.05, 0.1) is 55.6 Å². The van der Waals surface area contributed by atoms with E-state index in [1.165, 1.54) is 0 Å². The number of hydrogen-bond donors (Lipinski definition) is 3. The Balaban J connectivity index is 1.50. The number of methoxy groups -OCH3 is 1. The molecule has 5 heterocycles. The van der Waals surface area contributed by atoms with Crippen LogP contribution in [0.1, 0.15) is 20.3 Å². The summed E-state index contributed by atoms with van der Waals surface area (Å²) in [6.07, 6.45) is 7.46. The Morgan fingerprint density at radius 3 is 2.86 bits per heavy atom. The van der Waals surface area contributed by atoms with E-state index >= 15 is 0 Å². The van der Waals surface area contributed by atoms with Gasteiger partial charge in [0.1, 0.15) is 17.2 Å². The Hall–Kier alpha value is -3.57. The van der Waals surface area contributed by atoms with Crippen LogP contribution in [0.25, 0.3) is 28.2 Å². The number of halogens is 2. The first kappa shape index (κ1) is 24.1. The van der Waals surface area contributed by atoms with E-state index in [-0.39, 0.29) is 6.54 Å². The number of pyridine rings is 2. The SMILES string of the molecule is COc1cc2ncc(-c3cccc(NC4CCNCC4(F)F)n3)n2cc1-c1cnn(CC(C)(C)O)c1. The number of anilines is 1. The molecule has 0 amide bonds. The molecule has 3 N–H and O–H groups in total. The summed E-state index contributed by atoms with van der Waals surface area (Å²) >= 11 is 0. The lowest BCUT2D eigenvalue weighted by atomic mass is 10.0. The molecule has 4 aromatic rings. The molecule has 0 saturated carbocycles. The van der Waals surface area contributed by atoms with Crippen molar-refractivity contribution in [3.63, 3.8) is 0 Å². The van der Waals surface area contributed by atoms with Crippen molar-refractivity contribution in [3.05, 3.63) is 49.1 Å². The van der Waals surface area contributed by atoms with E-state index in [0.29, 0.717) is 48.1 Å². The number of ether oxygens (including phenoxy) is 1. The van der Waals surface area contributed by atoms with Crippen LogP contribution in [0.3, 0.4) is 0 Å². The summed E-state index contributed by atoms with van der Waals surface area (Å²) in [5, 5.41) is 20.1. The third-order valence-electron chi connectivity index (χ3n) is 6.14. The molecule has 0 spiro atoms. The summed E-state index contributed by atoms with van der Waals surface area (Å²) in [6, 6.07) is 6.13. The number of fused-ring (bicyclic) bond motifs is 1.